The lowest BCUT2D eigenvalue weighted by atomic mass is 10.2. The second kappa shape index (κ2) is 6.76. The van der Waals surface area contributed by atoms with Crippen molar-refractivity contribution in [2.45, 2.75) is 0 Å². The fourth-order valence-corrected chi connectivity index (χ4v) is 4.58. The smallest absolute Gasteiger partial charge is 0.261 e. The number of nitrogens with one attached hydrogen (secondary N) is 1. The third-order valence-electron chi connectivity index (χ3n) is 3.03. The van der Waals surface area contributed by atoms with Crippen molar-refractivity contribution in [2.24, 2.45) is 0 Å². The average molecular weight is 477 g/mol. The third kappa shape index (κ3) is 3.52. The van der Waals surface area contributed by atoms with Crippen molar-refractivity contribution in [2.75, 3.05) is 12.4 Å². The number of methoxy groups -OCH3 is 1. The van der Waals surface area contributed by atoms with E-state index < -0.39 is 0 Å². The predicted molar refractivity (Wildman–Crippen MR) is 101 cm³/mol. The van der Waals surface area contributed by atoms with Gasteiger partial charge in [-0.3, -0.25) is 10.1 Å². The van der Waals surface area contributed by atoms with Crippen molar-refractivity contribution in [3.8, 4) is 5.75 Å². The molecule has 1 amide bonds. The Labute approximate surface area is 158 Å². The van der Waals surface area contributed by atoms with Gasteiger partial charge in [-0.15, -0.1) is 0 Å². The van der Waals surface area contributed by atoms with E-state index in [4.69, 9.17) is 16.3 Å². The van der Waals surface area contributed by atoms with E-state index in [0.717, 1.165) is 14.7 Å². The molecule has 0 fully saturated rings. The molecule has 2 aromatic carbocycles. The molecule has 3 aromatic rings. The van der Waals surface area contributed by atoms with Gasteiger partial charge in [0, 0.05) is 9.50 Å². The standard InChI is InChI=1S/C15H9Br2ClN2O2S/c1-22-13-9(4-7(16)5-10(13)17)14(21)20-15-19-11-3-2-8(18)6-12(11)23-15/h2-6H,1H3,(H,19,20,21). The van der Waals surface area contributed by atoms with Crippen LogP contribution in [0.25, 0.3) is 10.2 Å². The van der Waals surface area contributed by atoms with E-state index in [9.17, 15) is 4.79 Å². The molecule has 1 N–H and O–H groups in total. The van der Waals surface area contributed by atoms with Crippen LogP contribution in [0.4, 0.5) is 5.13 Å². The first-order chi connectivity index (χ1) is 11.0. The Balaban J connectivity index is 1.94. The predicted octanol–water partition coefficient (Wildman–Crippen LogP) is 5.74. The quantitative estimate of drug-likeness (QED) is 0.525. The van der Waals surface area contributed by atoms with E-state index in [1.807, 2.05) is 18.2 Å². The summed E-state index contributed by atoms with van der Waals surface area (Å²) in [5.41, 5.74) is 1.20. The maximum Gasteiger partial charge on any atom is 0.261 e. The van der Waals surface area contributed by atoms with E-state index in [1.165, 1.54) is 18.4 Å². The van der Waals surface area contributed by atoms with Gasteiger partial charge in [0.15, 0.2) is 5.13 Å². The minimum Gasteiger partial charge on any atom is -0.495 e. The van der Waals surface area contributed by atoms with Gasteiger partial charge in [0.1, 0.15) is 5.75 Å². The summed E-state index contributed by atoms with van der Waals surface area (Å²) in [4.78, 5) is 16.9. The minimum atomic E-state index is -0.297. The van der Waals surface area contributed by atoms with Crippen molar-refractivity contribution in [1.29, 1.82) is 0 Å². The Morgan fingerprint density at radius 3 is 2.83 bits per heavy atom. The number of halogens is 3. The highest BCUT2D eigenvalue weighted by atomic mass is 79.9. The van der Waals surface area contributed by atoms with E-state index >= 15 is 0 Å². The molecule has 0 aliphatic heterocycles. The molecule has 0 aliphatic carbocycles. The summed E-state index contributed by atoms with van der Waals surface area (Å²) in [6.45, 7) is 0. The average Bonchev–Trinajstić information content (AvgIpc) is 2.87. The van der Waals surface area contributed by atoms with Crippen molar-refractivity contribution in [1.82, 2.24) is 4.98 Å². The number of amides is 1. The summed E-state index contributed by atoms with van der Waals surface area (Å²) in [6, 6.07) is 8.92. The van der Waals surface area contributed by atoms with Gasteiger partial charge in [-0.05, 0) is 46.3 Å². The lowest BCUT2D eigenvalue weighted by Gasteiger charge is -2.10. The van der Waals surface area contributed by atoms with Crippen LogP contribution in [0.1, 0.15) is 10.4 Å². The van der Waals surface area contributed by atoms with Crippen molar-refractivity contribution in [3.63, 3.8) is 0 Å². The van der Waals surface area contributed by atoms with Crippen molar-refractivity contribution in [3.05, 3.63) is 49.9 Å². The summed E-state index contributed by atoms with van der Waals surface area (Å²) < 4.78 is 7.67. The molecule has 0 aliphatic rings. The number of rotatable bonds is 3. The van der Waals surface area contributed by atoms with Crippen LogP contribution < -0.4 is 10.1 Å². The zero-order valence-corrected chi connectivity index (χ0v) is 16.4. The van der Waals surface area contributed by atoms with Crippen LogP contribution in [0.3, 0.4) is 0 Å². The van der Waals surface area contributed by atoms with E-state index in [0.29, 0.717) is 25.9 Å². The SMILES string of the molecule is COc1c(Br)cc(Br)cc1C(=O)Nc1nc2ccc(Cl)cc2s1. The van der Waals surface area contributed by atoms with E-state index in [1.54, 1.807) is 12.1 Å². The number of thiazole rings is 1. The topological polar surface area (TPSA) is 51.2 Å². The van der Waals surface area contributed by atoms with Gasteiger partial charge in [0.05, 0.1) is 27.4 Å². The Hall–Kier alpha value is -1.15. The maximum atomic E-state index is 12.5. The molecular formula is C15H9Br2ClN2O2S. The molecular weight excluding hydrogens is 468 g/mol. The molecule has 0 saturated heterocycles. The number of aromatic nitrogens is 1. The molecule has 0 spiro atoms. The van der Waals surface area contributed by atoms with Gasteiger partial charge >= 0.3 is 0 Å². The molecule has 0 bridgehead atoms. The number of hydrogen-bond acceptors (Lipinski definition) is 4. The zero-order valence-electron chi connectivity index (χ0n) is 11.7. The Bertz CT molecular complexity index is 914. The molecule has 3 rings (SSSR count). The van der Waals surface area contributed by atoms with Crippen LogP contribution in [-0.2, 0) is 0 Å². The molecule has 23 heavy (non-hydrogen) atoms. The lowest BCUT2D eigenvalue weighted by Crippen LogP contribution is -2.13. The van der Waals surface area contributed by atoms with Crippen LogP contribution in [0.5, 0.6) is 5.75 Å². The Kier molecular flexibility index (Phi) is 4.91. The molecule has 1 heterocycles. The maximum absolute atomic E-state index is 12.5. The first-order valence-electron chi connectivity index (χ1n) is 6.38. The van der Waals surface area contributed by atoms with Crippen LogP contribution in [0.2, 0.25) is 5.02 Å². The van der Waals surface area contributed by atoms with E-state index in [-0.39, 0.29) is 5.91 Å². The van der Waals surface area contributed by atoms with Crippen LogP contribution in [-0.4, -0.2) is 18.0 Å². The molecule has 0 atom stereocenters. The van der Waals surface area contributed by atoms with Gasteiger partial charge in [-0.2, -0.15) is 0 Å². The summed E-state index contributed by atoms with van der Waals surface area (Å²) >= 11 is 14.1. The fourth-order valence-electron chi connectivity index (χ4n) is 2.05. The number of carbonyl (C=O) groups is 1. The molecule has 4 nitrogen and oxygen atoms in total. The number of benzene rings is 2. The highest BCUT2D eigenvalue weighted by Gasteiger charge is 2.18. The number of ether oxygens (including phenoxy) is 1. The normalized spacial score (nSPS) is 10.8. The second-order valence-electron chi connectivity index (χ2n) is 4.55. The molecule has 8 heteroatoms. The molecule has 118 valence electrons. The van der Waals surface area contributed by atoms with Crippen LogP contribution >= 0.6 is 54.8 Å². The number of hydrogen-bond donors (Lipinski definition) is 1. The van der Waals surface area contributed by atoms with Crippen LogP contribution in [0.15, 0.2) is 39.3 Å². The summed E-state index contributed by atoms with van der Waals surface area (Å²) in [5, 5.41) is 3.94. The summed E-state index contributed by atoms with van der Waals surface area (Å²) in [5.74, 6) is 0.170. The monoisotopic (exact) mass is 474 g/mol. The highest BCUT2D eigenvalue weighted by molar-refractivity contribution is 9.11. The second-order valence-corrected chi connectivity index (χ2v) is 7.79. The van der Waals surface area contributed by atoms with Crippen molar-refractivity contribution < 1.29 is 9.53 Å². The first kappa shape index (κ1) is 16.7. The largest absolute Gasteiger partial charge is 0.495 e. The van der Waals surface area contributed by atoms with Gasteiger partial charge in [0.25, 0.3) is 5.91 Å². The van der Waals surface area contributed by atoms with Crippen molar-refractivity contribution >= 4 is 76.1 Å². The molecule has 0 radical (unpaired) electrons. The summed E-state index contributed by atoms with van der Waals surface area (Å²) in [7, 11) is 1.52. The number of carbonyl (C=O) groups excluding carboxylic acids is 1. The Morgan fingerprint density at radius 2 is 2.09 bits per heavy atom. The van der Waals surface area contributed by atoms with Gasteiger partial charge in [-0.25, -0.2) is 4.98 Å². The molecule has 1 aromatic heterocycles. The Morgan fingerprint density at radius 1 is 1.30 bits per heavy atom. The number of anilines is 1. The fraction of sp³-hybridized carbons (Fsp3) is 0.0667. The molecule has 0 unspecified atom stereocenters. The number of nitrogens with zero attached hydrogens (tertiary/aromatic N) is 1. The number of fused-ring (bicyclic) bond motifs is 1. The summed E-state index contributed by atoms with van der Waals surface area (Å²) in [6.07, 6.45) is 0. The van der Waals surface area contributed by atoms with Gasteiger partial charge in [0.2, 0.25) is 0 Å². The molecule has 0 saturated carbocycles. The highest BCUT2D eigenvalue weighted by Crippen LogP contribution is 2.34. The van der Waals surface area contributed by atoms with Gasteiger partial charge < -0.3 is 4.74 Å². The lowest BCUT2D eigenvalue weighted by molar-refractivity contribution is 0.102. The van der Waals surface area contributed by atoms with Gasteiger partial charge in [-0.1, -0.05) is 38.9 Å². The third-order valence-corrected chi connectivity index (χ3v) is 5.24. The first-order valence-corrected chi connectivity index (χ1v) is 9.16. The zero-order chi connectivity index (χ0) is 16.6. The minimum absolute atomic E-state index is 0.297. The van der Waals surface area contributed by atoms with E-state index in [2.05, 4.69) is 42.2 Å². The van der Waals surface area contributed by atoms with Crippen LogP contribution in [0, 0.1) is 0 Å².